The lowest BCUT2D eigenvalue weighted by Gasteiger charge is -2.09. The van der Waals surface area contributed by atoms with Crippen molar-refractivity contribution in [2.75, 3.05) is 11.9 Å². The van der Waals surface area contributed by atoms with Gasteiger partial charge in [0.1, 0.15) is 6.10 Å². The molecule has 4 nitrogen and oxygen atoms in total. The maximum atomic E-state index is 9.99. The number of anilines is 1. The van der Waals surface area contributed by atoms with E-state index in [0.717, 1.165) is 10.6 Å². The van der Waals surface area contributed by atoms with Crippen molar-refractivity contribution in [2.45, 2.75) is 20.0 Å². The molecule has 0 spiro atoms. The summed E-state index contributed by atoms with van der Waals surface area (Å²) in [6.07, 6.45) is -0.692. The Morgan fingerprint density at radius 1 is 1.33 bits per heavy atom. The molecule has 0 amide bonds. The topological polar surface area (TPSA) is 70.6 Å². The Balaban J connectivity index is 1.96. The molecule has 0 aliphatic carbocycles. The summed E-state index contributed by atoms with van der Waals surface area (Å²) in [5.74, 6) is 0.278. The summed E-state index contributed by atoms with van der Waals surface area (Å²) in [6.45, 7) is 4.29. The van der Waals surface area contributed by atoms with E-state index >= 15 is 0 Å². The van der Waals surface area contributed by atoms with Crippen molar-refractivity contribution in [1.82, 2.24) is 0 Å². The van der Waals surface area contributed by atoms with Crippen molar-refractivity contribution < 1.29 is 5.11 Å². The number of nitrogens with two attached hydrogens (primary N) is 1. The fraction of sp³-hybridized carbons (Fsp3) is 0.267. The highest BCUT2D eigenvalue weighted by molar-refractivity contribution is 7.16. The van der Waals surface area contributed by atoms with Crippen LogP contribution in [0, 0.1) is 13.8 Å². The Hall–Kier alpha value is -1.56. The first-order valence-electron chi connectivity index (χ1n) is 6.53. The smallest absolute Gasteiger partial charge is 0.193 e. The van der Waals surface area contributed by atoms with E-state index in [1.54, 1.807) is 12.1 Å². The molecule has 2 rings (SSSR count). The average molecular weight is 324 g/mol. The molecule has 1 aromatic carbocycles. The van der Waals surface area contributed by atoms with Crippen molar-refractivity contribution in [3.8, 4) is 0 Å². The summed E-state index contributed by atoms with van der Waals surface area (Å²) < 4.78 is 0.647. The van der Waals surface area contributed by atoms with Crippen LogP contribution in [-0.4, -0.2) is 17.6 Å². The van der Waals surface area contributed by atoms with Gasteiger partial charge in [-0.1, -0.05) is 17.7 Å². The van der Waals surface area contributed by atoms with Crippen molar-refractivity contribution in [3.63, 3.8) is 0 Å². The maximum Gasteiger partial charge on any atom is 0.193 e. The van der Waals surface area contributed by atoms with Crippen LogP contribution < -0.4 is 11.1 Å². The molecule has 0 fully saturated rings. The molecule has 0 radical (unpaired) electrons. The van der Waals surface area contributed by atoms with Gasteiger partial charge >= 0.3 is 0 Å². The number of hydrogen-bond donors (Lipinski definition) is 3. The van der Waals surface area contributed by atoms with E-state index in [2.05, 4.69) is 17.2 Å². The lowest BCUT2D eigenvalue weighted by atomic mass is 10.1. The standard InChI is InChI=1S/C15H18ClN3OS/c1-9-3-4-11(7-10(9)2)19-15(17)18-8-12(20)13-5-6-14(16)21-13/h3-7,12,20H,8H2,1-2H3,(H3,17,18,19). The van der Waals surface area contributed by atoms with E-state index in [1.807, 2.05) is 25.1 Å². The summed E-state index contributed by atoms with van der Waals surface area (Å²) in [7, 11) is 0. The third-order valence-electron chi connectivity index (χ3n) is 3.14. The van der Waals surface area contributed by atoms with E-state index in [9.17, 15) is 5.11 Å². The van der Waals surface area contributed by atoms with Crippen LogP contribution in [0.3, 0.4) is 0 Å². The number of rotatable bonds is 4. The third-order valence-corrected chi connectivity index (χ3v) is 4.47. The van der Waals surface area contributed by atoms with E-state index in [1.165, 1.54) is 22.5 Å². The Morgan fingerprint density at radius 3 is 2.71 bits per heavy atom. The highest BCUT2D eigenvalue weighted by atomic mass is 35.5. The van der Waals surface area contributed by atoms with Crippen molar-refractivity contribution >= 4 is 34.6 Å². The van der Waals surface area contributed by atoms with Gasteiger partial charge < -0.3 is 16.2 Å². The Morgan fingerprint density at radius 2 is 2.10 bits per heavy atom. The molecule has 1 unspecified atom stereocenters. The summed E-state index contributed by atoms with van der Waals surface area (Å²) in [5.41, 5.74) is 9.12. The number of aliphatic hydroxyl groups is 1. The second-order valence-electron chi connectivity index (χ2n) is 4.81. The molecule has 0 aliphatic heterocycles. The number of benzene rings is 1. The van der Waals surface area contributed by atoms with Crippen LogP contribution in [0.5, 0.6) is 0 Å². The van der Waals surface area contributed by atoms with Crippen molar-refractivity contribution in [1.29, 1.82) is 0 Å². The highest BCUT2D eigenvalue weighted by Crippen LogP contribution is 2.26. The van der Waals surface area contributed by atoms with Crippen LogP contribution in [0.4, 0.5) is 5.69 Å². The second kappa shape index (κ2) is 6.93. The fourth-order valence-corrected chi connectivity index (χ4v) is 2.83. The van der Waals surface area contributed by atoms with Crippen molar-refractivity contribution in [2.24, 2.45) is 10.7 Å². The number of thiophene rings is 1. The number of nitrogens with zero attached hydrogens (tertiary/aromatic N) is 1. The summed E-state index contributed by atoms with van der Waals surface area (Å²) in [6, 6.07) is 9.52. The van der Waals surface area contributed by atoms with E-state index in [-0.39, 0.29) is 12.5 Å². The van der Waals surface area contributed by atoms with Gasteiger partial charge in [0, 0.05) is 10.6 Å². The molecular weight excluding hydrogens is 306 g/mol. The normalized spacial score (nSPS) is 13.2. The molecule has 21 heavy (non-hydrogen) atoms. The molecule has 4 N–H and O–H groups in total. The van der Waals surface area contributed by atoms with Crippen LogP contribution >= 0.6 is 22.9 Å². The van der Waals surface area contributed by atoms with Crippen LogP contribution in [-0.2, 0) is 0 Å². The lowest BCUT2D eigenvalue weighted by molar-refractivity contribution is 0.191. The minimum Gasteiger partial charge on any atom is -0.386 e. The number of aryl methyl sites for hydroxylation is 2. The largest absolute Gasteiger partial charge is 0.386 e. The zero-order valence-corrected chi connectivity index (χ0v) is 13.5. The zero-order valence-electron chi connectivity index (χ0n) is 11.9. The van der Waals surface area contributed by atoms with Gasteiger partial charge in [0.15, 0.2) is 5.96 Å². The number of nitrogens with one attached hydrogen (secondary N) is 1. The SMILES string of the molecule is Cc1ccc(NC(N)=NCC(O)c2ccc(Cl)s2)cc1C. The van der Waals surface area contributed by atoms with Gasteiger partial charge in [-0.25, -0.2) is 0 Å². The fourth-order valence-electron chi connectivity index (χ4n) is 1.79. The van der Waals surface area contributed by atoms with Gasteiger partial charge in [-0.3, -0.25) is 4.99 Å². The predicted octanol–water partition coefficient (Wildman–Crippen LogP) is 3.48. The monoisotopic (exact) mass is 323 g/mol. The van der Waals surface area contributed by atoms with E-state index < -0.39 is 6.10 Å². The quantitative estimate of drug-likeness (QED) is 0.596. The first-order valence-corrected chi connectivity index (χ1v) is 7.72. The molecule has 1 heterocycles. The van der Waals surface area contributed by atoms with Crippen LogP contribution in [0.25, 0.3) is 0 Å². The first-order chi connectivity index (χ1) is 9.95. The van der Waals surface area contributed by atoms with E-state index in [4.69, 9.17) is 17.3 Å². The molecule has 6 heteroatoms. The van der Waals surface area contributed by atoms with Gasteiger partial charge in [0.05, 0.1) is 10.9 Å². The van der Waals surface area contributed by atoms with Gasteiger partial charge in [0.25, 0.3) is 0 Å². The summed E-state index contributed by atoms with van der Waals surface area (Å²) >= 11 is 7.18. The lowest BCUT2D eigenvalue weighted by Crippen LogP contribution is -2.23. The number of guanidine groups is 1. The molecule has 0 saturated heterocycles. The number of halogens is 1. The highest BCUT2D eigenvalue weighted by Gasteiger charge is 2.09. The Labute approximate surface area is 133 Å². The van der Waals surface area contributed by atoms with Gasteiger partial charge in [0.2, 0.25) is 0 Å². The molecule has 1 atom stereocenters. The molecule has 0 saturated carbocycles. The zero-order chi connectivity index (χ0) is 15.4. The molecule has 2 aromatic rings. The molecule has 1 aromatic heterocycles. The van der Waals surface area contributed by atoms with Gasteiger partial charge in [-0.15, -0.1) is 11.3 Å². The summed E-state index contributed by atoms with van der Waals surface area (Å²) in [5, 5.41) is 13.0. The van der Waals surface area contributed by atoms with Crippen LogP contribution in [0.2, 0.25) is 4.34 Å². The second-order valence-corrected chi connectivity index (χ2v) is 6.55. The minimum absolute atomic E-state index is 0.195. The van der Waals surface area contributed by atoms with Crippen molar-refractivity contribution in [3.05, 3.63) is 50.7 Å². The molecule has 0 aliphatic rings. The minimum atomic E-state index is -0.692. The Bertz CT molecular complexity index is 654. The number of aliphatic hydroxyl groups excluding tert-OH is 1. The Kier molecular flexibility index (Phi) is 5.22. The first kappa shape index (κ1) is 15.8. The van der Waals surface area contributed by atoms with Crippen LogP contribution in [0.1, 0.15) is 22.1 Å². The molecule has 0 bridgehead atoms. The molecule has 112 valence electrons. The van der Waals surface area contributed by atoms with E-state index in [0.29, 0.717) is 4.34 Å². The average Bonchev–Trinajstić information content (AvgIpc) is 2.87. The maximum absolute atomic E-state index is 9.99. The number of hydrogen-bond acceptors (Lipinski definition) is 3. The third kappa shape index (κ3) is 4.46. The summed E-state index contributed by atoms with van der Waals surface area (Å²) in [4.78, 5) is 4.93. The van der Waals surface area contributed by atoms with Crippen LogP contribution in [0.15, 0.2) is 35.3 Å². The molecular formula is C15H18ClN3OS. The predicted molar refractivity (Wildman–Crippen MR) is 90.3 cm³/mol. The van der Waals surface area contributed by atoms with Gasteiger partial charge in [-0.05, 0) is 49.2 Å². The van der Waals surface area contributed by atoms with Gasteiger partial charge in [-0.2, -0.15) is 0 Å². The number of aliphatic imine (C=N–C) groups is 1.